The fourth-order valence-corrected chi connectivity index (χ4v) is 7.37. The predicted molar refractivity (Wildman–Crippen MR) is 221 cm³/mol. The van der Waals surface area contributed by atoms with E-state index in [1.165, 1.54) is 43.8 Å². The zero-order valence-corrected chi connectivity index (χ0v) is 32.7. The molecule has 6 aromatic carbocycles. The van der Waals surface area contributed by atoms with Crippen LogP contribution in [-0.4, -0.2) is 17.4 Å². The molecule has 0 saturated carbocycles. The summed E-state index contributed by atoms with van der Waals surface area (Å²) in [6.45, 7) is 14.8. The highest BCUT2D eigenvalue weighted by atomic mass is 16.7. The molecule has 6 atom stereocenters. The molecular weight excluding hydrogens is 669 g/mol. The van der Waals surface area contributed by atoms with E-state index >= 15 is 0 Å². The third-order valence-electron chi connectivity index (χ3n) is 11.3. The van der Waals surface area contributed by atoms with Crippen LogP contribution in [0.5, 0.6) is 17.2 Å². The van der Waals surface area contributed by atoms with Crippen molar-refractivity contribution in [2.24, 2.45) is 5.92 Å². The molecule has 6 unspecified atom stereocenters. The van der Waals surface area contributed by atoms with E-state index in [0.29, 0.717) is 17.6 Å². The standard InChI is InChI=1S/C28H28O2.C11H12O2.C10H14O/c1-4-18(2)20-12-14-23(15-13-20)29-19(3)30-27-17-22-16-21-8-5-6-9-24(21)25-10-7-11-26(27)28(22)25;1-7-8(2)11(12)13-10-6-4-3-5-9(7)10;1-3-8(2)9-4-6-10(11)7-5-9/h5-16,18-19,27H,4,17H2,1-3H3;3-8H,1-2H3;4-8,11H,3H2,1-2H3. The van der Waals surface area contributed by atoms with E-state index in [-0.39, 0.29) is 30.2 Å². The minimum Gasteiger partial charge on any atom is -0.508 e. The van der Waals surface area contributed by atoms with E-state index in [0.717, 1.165) is 36.3 Å². The number of benzene rings is 6. The average Bonchev–Trinajstić information content (AvgIpc) is 3.54. The number of ether oxygens (including phenoxy) is 3. The van der Waals surface area contributed by atoms with Crippen molar-refractivity contribution in [2.45, 2.75) is 97.9 Å². The van der Waals surface area contributed by atoms with Crippen LogP contribution >= 0.6 is 0 Å². The van der Waals surface area contributed by atoms with Gasteiger partial charge in [0.15, 0.2) is 6.29 Å². The van der Waals surface area contributed by atoms with Crippen molar-refractivity contribution in [2.75, 3.05) is 0 Å². The summed E-state index contributed by atoms with van der Waals surface area (Å²) in [5.41, 5.74) is 6.42. The number of carbonyl (C=O) groups is 1. The number of phenolic OH excluding ortho intramolecular Hbond substituents is 1. The molecule has 1 aliphatic carbocycles. The monoisotopic (exact) mass is 722 g/mol. The number of carbonyl (C=O) groups excluding carboxylic acids is 1. The van der Waals surface area contributed by atoms with E-state index in [1.807, 2.05) is 50.2 Å². The topological polar surface area (TPSA) is 65.0 Å². The molecule has 5 heteroatoms. The molecule has 0 radical (unpaired) electrons. The molecule has 54 heavy (non-hydrogen) atoms. The van der Waals surface area contributed by atoms with Crippen LogP contribution in [-0.2, 0) is 16.0 Å². The van der Waals surface area contributed by atoms with Gasteiger partial charge in [0, 0.05) is 6.42 Å². The molecule has 2 aliphatic rings. The molecule has 0 saturated heterocycles. The summed E-state index contributed by atoms with van der Waals surface area (Å²) in [6.07, 6.45) is 2.88. The lowest BCUT2D eigenvalue weighted by atomic mass is 9.86. The van der Waals surface area contributed by atoms with Gasteiger partial charge in [0.1, 0.15) is 17.2 Å². The second-order valence-electron chi connectivity index (χ2n) is 14.9. The Morgan fingerprint density at radius 1 is 0.704 bits per heavy atom. The molecular formula is C49H54O5. The summed E-state index contributed by atoms with van der Waals surface area (Å²) >= 11 is 0. The Morgan fingerprint density at radius 2 is 1.30 bits per heavy atom. The van der Waals surface area contributed by atoms with Crippen LogP contribution in [0.15, 0.2) is 121 Å². The third-order valence-corrected chi connectivity index (χ3v) is 11.3. The van der Waals surface area contributed by atoms with Gasteiger partial charge in [-0.25, -0.2) is 0 Å². The molecule has 8 rings (SSSR count). The maximum absolute atomic E-state index is 11.3. The number of rotatable bonds is 8. The maximum atomic E-state index is 11.3. The first-order valence-corrected chi connectivity index (χ1v) is 19.5. The van der Waals surface area contributed by atoms with Crippen molar-refractivity contribution in [3.8, 4) is 17.2 Å². The van der Waals surface area contributed by atoms with Crippen molar-refractivity contribution in [3.05, 3.63) is 149 Å². The fourth-order valence-electron chi connectivity index (χ4n) is 7.37. The molecule has 0 spiro atoms. The Hall–Kier alpha value is -5.13. The number of hydrogen-bond acceptors (Lipinski definition) is 5. The minimum atomic E-state index is -0.316. The normalized spacial score (nSPS) is 18.6. The Morgan fingerprint density at radius 3 is 1.98 bits per heavy atom. The number of hydrogen-bond donors (Lipinski definition) is 1. The number of para-hydroxylation sites is 1. The number of fused-ring (bicyclic) bond motifs is 3. The maximum Gasteiger partial charge on any atom is 0.314 e. The van der Waals surface area contributed by atoms with Gasteiger partial charge in [0.05, 0.1) is 12.0 Å². The minimum absolute atomic E-state index is 0.0231. The number of phenols is 1. The Balaban J connectivity index is 0.000000170. The van der Waals surface area contributed by atoms with Gasteiger partial charge in [-0.3, -0.25) is 4.79 Å². The van der Waals surface area contributed by atoms with Crippen LogP contribution in [0.4, 0.5) is 0 Å². The molecule has 0 aromatic heterocycles. The molecule has 6 aromatic rings. The third kappa shape index (κ3) is 8.63. The lowest BCUT2D eigenvalue weighted by molar-refractivity contribution is -0.140. The SMILES string of the molecule is CC1C(=O)Oc2ccccc2C1C.CCC(C)c1ccc(O)cc1.CCC(C)c1ccc(OC(C)OC2Cc3cc4ccccc4c4cccc2c34)cc1. The number of aromatic hydroxyl groups is 1. The molecule has 280 valence electrons. The van der Waals surface area contributed by atoms with Gasteiger partial charge in [-0.15, -0.1) is 0 Å². The fraction of sp³-hybridized carbons (Fsp3) is 0.327. The van der Waals surface area contributed by atoms with Gasteiger partial charge in [-0.2, -0.15) is 0 Å². The highest BCUT2D eigenvalue weighted by Crippen LogP contribution is 2.43. The van der Waals surface area contributed by atoms with Crippen LogP contribution in [0, 0.1) is 5.92 Å². The molecule has 1 N–H and O–H groups in total. The molecule has 0 bridgehead atoms. The second kappa shape index (κ2) is 17.3. The number of esters is 1. The summed E-state index contributed by atoms with van der Waals surface area (Å²) in [4.78, 5) is 11.3. The van der Waals surface area contributed by atoms with Crippen LogP contribution in [0.1, 0.15) is 113 Å². The van der Waals surface area contributed by atoms with Gasteiger partial charge >= 0.3 is 5.97 Å². The first kappa shape index (κ1) is 38.6. The van der Waals surface area contributed by atoms with Crippen molar-refractivity contribution < 1.29 is 24.1 Å². The highest BCUT2D eigenvalue weighted by Gasteiger charge is 2.31. The molecule has 0 amide bonds. The summed E-state index contributed by atoms with van der Waals surface area (Å²) in [7, 11) is 0. The van der Waals surface area contributed by atoms with Crippen molar-refractivity contribution in [3.63, 3.8) is 0 Å². The summed E-state index contributed by atoms with van der Waals surface area (Å²) < 4.78 is 17.7. The van der Waals surface area contributed by atoms with Gasteiger partial charge in [-0.05, 0) is 117 Å². The summed E-state index contributed by atoms with van der Waals surface area (Å²) in [5, 5.41) is 14.3. The van der Waals surface area contributed by atoms with Gasteiger partial charge in [0.2, 0.25) is 0 Å². The molecule has 5 nitrogen and oxygen atoms in total. The van der Waals surface area contributed by atoms with Gasteiger partial charge in [-0.1, -0.05) is 133 Å². The lowest BCUT2D eigenvalue weighted by Crippen LogP contribution is -2.27. The van der Waals surface area contributed by atoms with E-state index in [1.54, 1.807) is 12.1 Å². The summed E-state index contributed by atoms with van der Waals surface area (Å²) in [6, 6.07) is 41.1. The molecule has 0 fully saturated rings. The van der Waals surface area contributed by atoms with E-state index in [2.05, 4.69) is 107 Å². The Bertz CT molecular complexity index is 2170. The van der Waals surface area contributed by atoms with E-state index in [4.69, 9.17) is 19.3 Å². The first-order valence-electron chi connectivity index (χ1n) is 19.5. The van der Waals surface area contributed by atoms with E-state index in [9.17, 15) is 4.79 Å². The Kier molecular flexibility index (Phi) is 12.4. The van der Waals surface area contributed by atoms with Crippen molar-refractivity contribution >= 4 is 27.5 Å². The zero-order valence-electron chi connectivity index (χ0n) is 32.7. The van der Waals surface area contributed by atoms with Crippen molar-refractivity contribution in [1.29, 1.82) is 0 Å². The quantitative estimate of drug-likeness (QED) is 0.0733. The lowest BCUT2D eigenvalue weighted by Gasteiger charge is -2.26. The van der Waals surface area contributed by atoms with Gasteiger partial charge in [0.25, 0.3) is 0 Å². The van der Waals surface area contributed by atoms with Crippen molar-refractivity contribution in [1.82, 2.24) is 0 Å². The Labute approximate surface area is 320 Å². The van der Waals surface area contributed by atoms with Crippen LogP contribution in [0.3, 0.4) is 0 Å². The van der Waals surface area contributed by atoms with Crippen LogP contribution in [0.25, 0.3) is 21.5 Å². The smallest absolute Gasteiger partial charge is 0.314 e. The van der Waals surface area contributed by atoms with Gasteiger partial charge < -0.3 is 19.3 Å². The summed E-state index contributed by atoms with van der Waals surface area (Å²) in [5.74, 6) is 3.19. The molecule has 1 heterocycles. The predicted octanol–water partition coefficient (Wildman–Crippen LogP) is 12.8. The zero-order chi connectivity index (χ0) is 38.4. The second-order valence-corrected chi connectivity index (χ2v) is 14.9. The van der Waals surface area contributed by atoms with Crippen LogP contribution < -0.4 is 9.47 Å². The van der Waals surface area contributed by atoms with E-state index < -0.39 is 0 Å². The average molecular weight is 723 g/mol. The largest absolute Gasteiger partial charge is 0.508 e. The van der Waals surface area contributed by atoms with Crippen LogP contribution in [0.2, 0.25) is 0 Å². The first-order chi connectivity index (χ1) is 26.1. The molecule has 1 aliphatic heterocycles. The highest BCUT2D eigenvalue weighted by molar-refractivity contribution is 6.10.